The zero-order valence-electron chi connectivity index (χ0n) is 19.4. The van der Waals surface area contributed by atoms with E-state index < -0.39 is 0 Å². The van der Waals surface area contributed by atoms with Gasteiger partial charge < -0.3 is 24.8 Å². The predicted molar refractivity (Wildman–Crippen MR) is 128 cm³/mol. The molecule has 0 radical (unpaired) electrons. The number of ether oxygens (including phenoxy) is 1. The van der Waals surface area contributed by atoms with E-state index in [0.29, 0.717) is 19.5 Å². The molecular formula is C25H33N5O3. The standard InChI is InChI=1S/C25H33N5O3/c1-28(2)13-11-24(31)29-14-9-23(10-15-29)33-22-7-5-20(6-8-22)27-25(32)19-17-30(18-19)21-4-3-12-26-16-21/h3-8,12,16,19,23H,9-11,13-15,17-18H2,1-2H3,(H,27,32). The Kier molecular flexibility index (Phi) is 7.44. The van der Waals surface area contributed by atoms with Crippen LogP contribution in [-0.4, -0.2) is 79.5 Å². The molecule has 0 spiro atoms. The molecule has 1 aromatic heterocycles. The Balaban J connectivity index is 1.18. The first-order valence-electron chi connectivity index (χ1n) is 11.6. The molecule has 0 bridgehead atoms. The number of benzene rings is 1. The molecule has 4 rings (SSSR count). The highest BCUT2D eigenvalue weighted by atomic mass is 16.5. The van der Waals surface area contributed by atoms with Crippen molar-refractivity contribution in [3.8, 4) is 5.75 Å². The zero-order chi connectivity index (χ0) is 23.2. The molecule has 8 heteroatoms. The van der Waals surface area contributed by atoms with Gasteiger partial charge in [-0.3, -0.25) is 14.6 Å². The molecule has 2 aliphatic rings. The maximum absolute atomic E-state index is 12.5. The predicted octanol–water partition coefficient (Wildman–Crippen LogP) is 2.48. The highest BCUT2D eigenvalue weighted by Crippen LogP contribution is 2.26. The Hall–Kier alpha value is -3.13. The third-order valence-electron chi connectivity index (χ3n) is 6.26. The molecule has 0 aliphatic carbocycles. The number of nitrogens with zero attached hydrogens (tertiary/aromatic N) is 4. The van der Waals surface area contributed by atoms with Crippen molar-refractivity contribution in [1.82, 2.24) is 14.8 Å². The quantitative estimate of drug-likeness (QED) is 0.665. The summed E-state index contributed by atoms with van der Waals surface area (Å²) in [6.07, 6.45) is 5.91. The Morgan fingerprint density at radius 1 is 1.12 bits per heavy atom. The van der Waals surface area contributed by atoms with Gasteiger partial charge in [0, 0.05) is 63.9 Å². The molecule has 0 atom stereocenters. The summed E-state index contributed by atoms with van der Waals surface area (Å²) in [6.45, 7) is 3.66. The van der Waals surface area contributed by atoms with Gasteiger partial charge in [-0.15, -0.1) is 0 Å². The summed E-state index contributed by atoms with van der Waals surface area (Å²) >= 11 is 0. The summed E-state index contributed by atoms with van der Waals surface area (Å²) < 4.78 is 6.11. The molecule has 176 valence electrons. The number of rotatable bonds is 8. The van der Waals surface area contributed by atoms with Gasteiger partial charge in [0.05, 0.1) is 17.8 Å². The maximum atomic E-state index is 12.5. The summed E-state index contributed by atoms with van der Waals surface area (Å²) in [5, 5.41) is 3.00. The van der Waals surface area contributed by atoms with E-state index in [9.17, 15) is 9.59 Å². The lowest BCUT2D eigenvalue weighted by Crippen LogP contribution is -2.52. The molecule has 1 N–H and O–H groups in total. The van der Waals surface area contributed by atoms with Crippen LogP contribution < -0.4 is 15.0 Å². The second kappa shape index (κ2) is 10.7. The summed E-state index contributed by atoms with van der Waals surface area (Å²) in [5.41, 5.74) is 1.82. The number of nitrogens with one attached hydrogen (secondary N) is 1. The van der Waals surface area contributed by atoms with Crippen LogP contribution in [0.15, 0.2) is 48.8 Å². The van der Waals surface area contributed by atoms with Gasteiger partial charge in [-0.05, 0) is 50.5 Å². The van der Waals surface area contributed by atoms with Crippen LogP contribution >= 0.6 is 0 Å². The third-order valence-corrected chi connectivity index (χ3v) is 6.26. The average Bonchev–Trinajstić information content (AvgIpc) is 2.79. The number of hydrogen-bond donors (Lipinski definition) is 1. The molecule has 8 nitrogen and oxygen atoms in total. The van der Waals surface area contributed by atoms with Gasteiger partial charge >= 0.3 is 0 Å². The van der Waals surface area contributed by atoms with E-state index in [-0.39, 0.29) is 23.8 Å². The summed E-state index contributed by atoms with van der Waals surface area (Å²) in [7, 11) is 3.96. The number of hydrogen-bond acceptors (Lipinski definition) is 6. The molecule has 3 heterocycles. The number of amides is 2. The monoisotopic (exact) mass is 451 g/mol. The lowest BCUT2D eigenvalue weighted by molar-refractivity contribution is -0.133. The number of pyridine rings is 1. The Bertz CT molecular complexity index is 921. The van der Waals surface area contributed by atoms with Crippen LogP contribution in [0.5, 0.6) is 5.75 Å². The largest absolute Gasteiger partial charge is 0.490 e. The van der Waals surface area contributed by atoms with Crippen molar-refractivity contribution in [3.05, 3.63) is 48.8 Å². The number of aromatic nitrogens is 1. The summed E-state index contributed by atoms with van der Waals surface area (Å²) in [4.78, 5) is 35.0. The Morgan fingerprint density at radius 2 is 1.85 bits per heavy atom. The van der Waals surface area contributed by atoms with Gasteiger partial charge in [0.15, 0.2) is 0 Å². The van der Waals surface area contributed by atoms with Gasteiger partial charge in [-0.2, -0.15) is 0 Å². The molecule has 2 amide bonds. The van der Waals surface area contributed by atoms with E-state index in [2.05, 4.69) is 15.2 Å². The first-order valence-corrected chi connectivity index (χ1v) is 11.6. The third kappa shape index (κ3) is 6.22. The minimum atomic E-state index is -0.0215. The fourth-order valence-corrected chi connectivity index (χ4v) is 4.15. The van der Waals surface area contributed by atoms with Gasteiger partial charge in [-0.25, -0.2) is 0 Å². The van der Waals surface area contributed by atoms with Crippen LogP contribution in [0.1, 0.15) is 19.3 Å². The Labute approximate surface area is 195 Å². The van der Waals surface area contributed by atoms with Crippen molar-refractivity contribution in [2.75, 3.05) is 57.0 Å². The normalized spacial score (nSPS) is 17.1. The molecular weight excluding hydrogens is 418 g/mol. The molecule has 0 saturated carbocycles. The van der Waals surface area contributed by atoms with Crippen molar-refractivity contribution >= 4 is 23.2 Å². The highest BCUT2D eigenvalue weighted by Gasteiger charge is 2.33. The van der Waals surface area contributed by atoms with Gasteiger partial charge in [-0.1, -0.05) is 0 Å². The van der Waals surface area contributed by atoms with Crippen LogP contribution in [0.3, 0.4) is 0 Å². The van der Waals surface area contributed by atoms with Crippen LogP contribution in [-0.2, 0) is 9.59 Å². The smallest absolute Gasteiger partial charge is 0.231 e. The van der Waals surface area contributed by atoms with Crippen LogP contribution in [0.2, 0.25) is 0 Å². The van der Waals surface area contributed by atoms with E-state index in [0.717, 1.165) is 49.6 Å². The highest BCUT2D eigenvalue weighted by molar-refractivity contribution is 5.94. The molecule has 1 aromatic carbocycles. The Morgan fingerprint density at radius 3 is 2.48 bits per heavy atom. The lowest BCUT2D eigenvalue weighted by Gasteiger charge is -2.39. The van der Waals surface area contributed by atoms with E-state index in [1.165, 1.54) is 0 Å². The SMILES string of the molecule is CN(C)CCC(=O)N1CCC(Oc2ccc(NC(=O)C3CN(c4cccnc4)C3)cc2)CC1. The van der Waals surface area contributed by atoms with Crippen molar-refractivity contribution < 1.29 is 14.3 Å². The fourth-order valence-electron chi connectivity index (χ4n) is 4.15. The minimum Gasteiger partial charge on any atom is -0.490 e. The maximum Gasteiger partial charge on any atom is 0.231 e. The topological polar surface area (TPSA) is 78.0 Å². The number of carbonyl (C=O) groups is 2. The lowest BCUT2D eigenvalue weighted by atomic mass is 9.98. The van der Waals surface area contributed by atoms with E-state index in [4.69, 9.17) is 4.74 Å². The van der Waals surface area contributed by atoms with Crippen LogP contribution in [0.25, 0.3) is 0 Å². The van der Waals surface area contributed by atoms with Gasteiger partial charge in [0.25, 0.3) is 0 Å². The minimum absolute atomic E-state index is 0.0215. The second-order valence-corrected chi connectivity index (χ2v) is 9.08. The fraction of sp³-hybridized carbons (Fsp3) is 0.480. The van der Waals surface area contributed by atoms with E-state index >= 15 is 0 Å². The first-order chi connectivity index (χ1) is 16.0. The summed E-state index contributed by atoms with van der Waals surface area (Å²) in [5.74, 6) is 1.02. The van der Waals surface area contributed by atoms with Crippen molar-refractivity contribution in [1.29, 1.82) is 0 Å². The van der Waals surface area contributed by atoms with Gasteiger partial charge in [0.2, 0.25) is 11.8 Å². The molecule has 2 aliphatic heterocycles. The van der Waals surface area contributed by atoms with Gasteiger partial charge in [0.1, 0.15) is 11.9 Å². The second-order valence-electron chi connectivity index (χ2n) is 9.08. The van der Waals surface area contributed by atoms with E-state index in [1.54, 1.807) is 6.20 Å². The van der Waals surface area contributed by atoms with Crippen LogP contribution in [0.4, 0.5) is 11.4 Å². The zero-order valence-corrected chi connectivity index (χ0v) is 19.4. The molecule has 2 fully saturated rings. The number of piperidine rings is 1. The summed E-state index contributed by atoms with van der Waals surface area (Å²) in [6, 6.07) is 11.5. The molecule has 2 aromatic rings. The van der Waals surface area contributed by atoms with Crippen molar-refractivity contribution in [2.45, 2.75) is 25.4 Å². The number of likely N-dealkylation sites (tertiary alicyclic amines) is 1. The number of carbonyl (C=O) groups excluding carboxylic acids is 2. The average molecular weight is 452 g/mol. The van der Waals surface area contributed by atoms with Crippen molar-refractivity contribution in [3.63, 3.8) is 0 Å². The molecule has 0 unspecified atom stereocenters. The first kappa shape index (κ1) is 23.0. The van der Waals surface area contributed by atoms with E-state index in [1.807, 2.05) is 66.5 Å². The van der Waals surface area contributed by atoms with Crippen LogP contribution in [0, 0.1) is 5.92 Å². The molecule has 2 saturated heterocycles. The number of anilines is 2. The molecule has 33 heavy (non-hydrogen) atoms. The van der Waals surface area contributed by atoms with Crippen molar-refractivity contribution in [2.24, 2.45) is 5.92 Å².